The largest absolute Gasteiger partial charge is 0.384 e. The normalized spacial score (nSPS) is 33.9. The van der Waals surface area contributed by atoms with Gasteiger partial charge in [0, 0.05) is 0 Å². The molecule has 0 bridgehead atoms. The van der Waals surface area contributed by atoms with Gasteiger partial charge in [-0.15, -0.1) is 11.3 Å². The summed E-state index contributed by atoms with van der Waals surface area (Å²) in [6, 6.07) is 1.87. The summed E-state index contributed by atoms with van der Waals surface area (Å²) in [7, 11) is 0. The van der Waals surface area contributed by atoms with Crippen LogP contribution >= 0.6 is 22.9 Å². The van der Waals surface area contributed by atoms with E-state index in [9.17, 15) is 5.11 Å². The number of hydrogen-bond donors (Lipinski definition) is 1. The first-order valence-electron chi connectivity index (χ1n) is 4.60. The standard InChI is InChI=1S/C10H13ClOS/c1-7-3-2-5-10(7,12)9-8(11)4-6-13-9/h4,6-7,12H,2-3,5H2,1H3. The molecule has 1 aliphatic carbocycles. The third kappa shape index (κ3) is 1.41. The van der Waals surface area contributed by atoms with E-state index < -0.39 is 5.60 Å². The summed E-state index contributed by atoms with van der Waals surface area (Å²) in [4.78, 5) is 0.958. The van der Waals surface area contributed by atoms with Gasteiger partial charge in [0.05, 0.1) is 9.90 Å². The van der Waals surface area contributed by atoms with Crippen molar-refractivity contribution in [1.82, 2.24) is 0 Å². The van der Waals surface area contributed by atoms with E-state index in [4.69, 9.17) is 11.6 Å². The number of hydrogen-bond acceptors (Lipinski definition) is 2. The van der Waals surface area contributed by atoms with Crippen LogP contribution in [0.2, 0.25) is 5.02 Å². The minimum Gasteiger partial charge on any atom is -0.384 e. The molecule has 0 aliphatic heterocycles. The monoisotopic (exact) mass is 216 g/mol. The zero-order chi connectivity index (χ0) is 9.47. The number of halogens is 1. The first kappa shape index (κ1) is 9.50. The molecule has 2 rings (SSSR count). The number of thiophene rings is 1. The van der Waals surface area contributed by atoms with Crippen molar-refractivity contribution < 1.29 is 5.11 Å². The van der Waals surface area contributed by atoms with Crippen LogP contribution in [0.3, 0.4) is 0 Å². The summed E-state index contributed by atoms with van der Waals surface area (Å²) >= 11 is 7.59. The molecule has 72 valence electrons. The maximum Gasteiger partial charge on any atom is 0.103 e. The van der Waals surface area contributed by atoms with Crippen LogP contribution in [-0.2, 0) is 5.60 Å². The lowest BCUT2D eigenvalue weighted by Gasteiger charge is -2.26. The van der Waals surface area contributed by atoms with Crippen LogP contribution in [0.25, 0.3) is 0 Å². The molecule has 1 aromatic heterocycles. The molecule has 2 atom stereocenters. The molecule has 13 heavy (non-hydrogen) atoms. The first-order chi connectivity index (χ1) is 6.14. The van der Waals surface area contributed by atoms with Crippen LogP contribution in [0, 0.1) is 5.92 Å². The van der Waals surface area contributed by atoms with Gasteiger partial charge in [-0.05, 0) is 36.6 Å². The topological polar surface area (TPSA) is 20.2 Å². The zero-order valence-corrected chi connectivity index (χ0v) is 9.16. The molecule has 1 N–H and O–H groups in total. The van der Waals surface area contributed by atoms with Crippen LogP contribution in [0.15, 0.2) is 11.4 Å². The Morgan fingerprint density at radius 2 is 2.46 bits per heavy atom. The summed E-state index contributed by atoms with van der Waals surface area (Å²) in [5.41, 5.74) is -0.648. The molecular formula is C10H13ClOS. The van der Waals surface area contributed by atoms with E-state index >= 15 is 0 Å². The molecule has 1 heterocycles. The molecule has 0 saturated heterocycles. The van der Waals surface area contributed by atoms with Crippen LogP contribution in [-0.4, -0.2) is 5.11 Å². The lowest BCUT2D eigenvalue weighted by Crippen LogP contribution is -2.27. The smallest absolute Gasteiger partial charge is 0.103 e. The maximum absolute atomic E-state index is 10.4. The van der Waals surface area contributed by atoms with E-state index in [1.165, 1.54) is 0 Å². The first-order valence-corrected chi connectivity index (χ1v) is 5.86. The highest BCUT2D eigenvalue weighted by Gasteiger charge is 2.41. The fraction of sp³-hybridized carbons (Fsp3) is 0.600. The number of rotatable bonds is 1. The van der Waals surface area contributed by atoms with Gasteiger partial charge >= 0.3 is 0 Å². The summed E-state index contributed by atoms with van der Waals surface area (Å²) in [5.74, 6) is 0.337. The minimum atomic E-state index is -0.648. The van der Waals surface area contributed by atoms with Crippen molar-refractivity contribution in [3.8, 4) is 0 Å². The average Bonchev–Trinajstić information content (AvgIpc) is 2.62. The average molecular weight is 217 g/mol. The van der Waals surface area contributed by atoms with Gasteiger partial charge in [0.25, 0.3) is 0 Å². The predicted octanol–water partition coefficient (Wildman–Crippen LogP) is 3.41. The van der Waals surface area contributed by atoms with Gasteiger partial charge in [-0.2, -0.15) is 0 Å². The van der Waals surface area contributed by atoms with Crippen LogP contribution in [0.4, 0.5) is 0 Å². The van der Waals surface area contributed by atoms with Crippen LogP contribution in [0.1, 0.15) is 31.1 Å². The van der Waals surface area contributed by atoms with Crippen LogP contribution in [0.5, 0.6) is 0 Å². The third-order valence-electron chi connectivity index (χ3n) is 3.02. The summed E-state index contributed by atoms with van der Waals surface area (Å²) < 4.78 is 0. The quantitative estimate of drug-likeness (QED) is 0.763. The van der Waals surface area contributed by atoms with Gasteiger partial charge in [0.2, 0.25) is 0 Å². The molecule has 1 nitrogen and oxygen atoms in total. The molecule has 1 aromatic rings. The SMILES string of the molecule is CC1CCCC1(O)c1sccc1Cl. The van der Waals surface area contributed by atoms with E-state index in [1.54, 1.807) is 11.3 Å². The molecule has 0 radical (unpaired) electrons. The van der Waals surface area contributed by atoms with E-state index in [0.29, 0.717) is 5.92 Å². The molecule has 1 saturated carbocycles. The van der Waals surface area contributed by atoms with Crippen LogP contribution < -0.4 is 0 Å². The molecular weight excluding hydrogens is 204 g/mol. The second-order valence-corrected chi connectivity index (χ2v) is 5.14. The molecule has 0 amide bonds. The van der Waals surface area contributed by atoms with Gasteiger partial charge in [-0.25, -0.2) is 0 Å². The Bertz CT molecular complexity index is 310. The molecule has 0 aromatic carbocycles. The minimum absolute atomic E-state index is 0.337. The Morgan fingerprint density at radius 1 is 1.69 bits per heavy atom. The van der Waals surface area contributed by atoms with Gasteiger partial charge < -0.3 is 5.11 Å². The van der Waals surface area contributed by atoms with Gasteiger partial charge in [-0.1, -0.05) is 18.5 Å². The Hall–Kier alpha value is -0.0500. The van der Waals surface area contributed by atoms with Crippen molar-refractivity contribution in [2.24, 2.45) is 5.92 Å². The lowest BCUT2D eigenvalue weighted by atomic mass is 9.91. The Morgan fingerprint density at radius 3 is 2.92 bits per heavy atom. The van der Waals surface area contributed by atoms with Crippen molar-refractivity contribution in [2.75, 3.05) is 0 Å². The molecule has 2 unspecified atom stereocenters. The summed E-state index contributed by atoms with van der Waals surface area (Å²) in [6.45, 7) is 2.10. The maximum atomic E-state index is 10.4. The summed E-state index contributed by atoms with van der Waals surface area (Å²) in [5, 5.41) is 13.1. The van der Waals surface area contributed by atoms with E-state index in [0.717, 1.165) is 29.2 Å². The Balaban J connectivity index is 2.39. The highest BCUT2D eigenvalue weighted by Crippen LogP contribution is 2.47. The zero-order valence-electron chi connectivity index (χ0n) is 7.59. The second-order valence-electron chi connectivity index (χ2n) is 3.82. The Labute approximate surface area is 87.4 Å². The molecule has 0 spiro atoms. The fourth-order valence-electron chi connectivity index (χ4n) is 2.10. The Kier molecular flexibility index (Phi) is 2.39. The van der Waals surface area contributed by atoms with Crippen molar-refractivity contribution in [2.45, 2.75) is 31.8 Å². The van der Waals surface area contributed by atoms with Crippen molar-refractivity contribution in [3.63, 3.8) is 0 Å². The molecule has 1 fully saturated rings. The fourth-order valence-corrected chi connectivity index (χ4v) is 3.57. The van der Waals surface area contributed by atoms with Gasteiger partial charge in [0.1, 0.15) is 5.60 Å². The van der Waals surface area contributed by atoms with E-state index in [2.05, 4.69) is 6.92 Å². The lowest BCUT2D eigenvalue weighted by molar-refractivity contribution is 0.00819. The van der Waals surface area contributed by atoms with Crippen molar-refractivity contribution in [1.29, 1.82) is 0 Å². The predicted molar refractivity (Wildman–Crippen MR) is 56.2 cm³/mol. The van der Waals surface area contributed by atoms with Gasteiger partial charge in [0.15, 0.2) is 0 Å². The number of aliphatic hydroxyl groups is 1. The van der Waals surface area contributed by atoms with E-state index in [-0.39, 0.29) is 0 Å². The third-order valence-corrected chi connectivity index (χ3v) is 4.53. The highest BCUT2D eigenvalue weighted by atomic mass is 35.5. The molecule has 3 heteroatoms. The van der Waals surface area contributed by atoms with Crippen molar-refractivity contribution in [3.05, 3.63) is 21.3 Å². The highest BCUT2D eigenvalue weighted by molar-refractivity contribution is 7.10. The van der Waals surface area contributed by atoms with Gasteiger partial charge in [-0.3, -0.25) is 0 Å². The van der Waals surface area contributed by atoms with E-state index in [1.807, 2.05) is 11.4 Å². The summed E-state index contributed by atoms with van der Waals surface area (Å²) in [6.07, 6.45) is 3.06. The molecule has 1 aliphatic rings. The van der Waals surface area contributed by atoms with Crippen molar-refractivity contribution >= 4 is 22.9 Å². The second kappa shape index (κ2) is 3.26.